The van der Waals surface area contributed by atoms with Crippen molar-refractivity contribution in [1.82, 2.24) is 14.9 Å². The number of hydrogen-bond donors (Lipinski definition) is 1. The van der Waals surface area contributed by atoms with Gasteiger partial charge in [-0.2, -0.15) is 0 Å². The number of fused-ring (bicyclic) bond motifs is 1. The number of piperazine rings is 1. The van der Waals surface area contributed by atoms with E-state index in [2.05, 4.69) is 86.6 Å². The number of anilines is 1. The molecule has 0 aliphatic carbocycles. The topological polar surface area (TPSA) is 35.2 Å². The van der Waals surface area contributed by atoms with Crippen LogP contribution in [-0.4, -0.2) is 41.0 Å². The van der Waals surface area contributed by atoms with Gasteiger partial charge in [-0.3, -0.25) is 4.90 Å². The summed E-state index contributed by atoms with van der Waals surface area (Å²) in [4.78, 5) is 12.8. The van der Waals surface area contributed by atoms with Gasteiger partial charge in [0.25, 0.3) is 0 Å². The highest BCUT2D eigenvalue weighted by Gasteiger charge is 2.27. The van der Waals surface area contributed by atoms with Crippen LogP contribution in [0.4, 0.5) is 5.82 Å². The lowest BCUT2D eigenvalue weighted by Crippen LogP contribution is -2.48. The Balaban J connectivity index is 1.40. The summed E-state index contributed by atoms with van der Waals surface area (Å²) in [7, 11) is 0. The summed E-state index contributed by atoms with van der Waals surface area (Å²) in [6, 6.07) is 26.0. The summed E-state index contributed by atoms with van der Waals surface area (Å²) < 4.78 is 0. The Hall–Kier alpha value is -3.11. The van der Waals surface area contributed by atoms with Gasteiger partial charge in [0.1, 0.15) is 0 Å². The van der Waals surface area contributed by atoms with Gasteiger partial charge in [0.05, 0.1) is 17.8 Å². The van der Waals surface area contributed by atoms with E-state index in [0.717, 1.165) is 37.5 Å². The second-order valence-corrected chi connectivity index (χ2v) is 7.26. The monoisotopic (exact) mass is 367 g/mol. The van der Waals surface area contributed by atoms with Crippen molar-refractivity contribution >= 4 is 16.7 Å². The summed E-state index contributed by atoms with van der Waals surface area (Å²) in [6.45, 7) is 3.91. The van der Waals surface area contributed by atoms with Crippen molar-refractivity contribution in [3.05, 3.63) is 96.3 Å². The number of aromatic nitrogens is 2. The third-order valence-electron chi connectivity index (χ3n) is 5.60. The van der Waals surface area contributed by atoms with Crippen molar-refractivity contribution in [3.8, 4) is 0 Å². The fraction of sp³-hybridized carbons (Fsp3) is 0.208. The molecule has 1 saturated heterocycles. The fourth-order valence-electron chi connectivity index (χ4n) is 4.22. The summed E-state index contributed by atoms with van der Waals surface area (Å²) in [5.41, 5.74) is 3.78. The molecule has 4 nitrogen and oxygen atoms in total. The minimum Gasteiger partial charge on any atom is -0.352 e. The van der Waals surface area contributed by atoms with Crippen molar-refractivity contribution in [2.24, 2.45) is 0 Å². The Morgan fingerprint density at radius 2 is 1.46 bits per heavy atom. The van der Waals surface area contributed by atoms with E-state index in [9.17, 15) is 0 Å². The molecule has 0 amide bonds. The van der Waals surface area contributed by atoms with Crippen LogP contribution >= 0.6 is 0 Å². The van der Waals surface area contributed by atoms with Crippen LogP contribution in [0.1, 0.15) is 17.2 Å². The van der Waals surface area contributed by atoms with Gasteiger partial charge in [0.15, 0.2) is 5.82 Å². The van der Waals surface area contributed by atoms with Crippen LogP contribution in [0.25, 0.3) is 10.9 Å². The number of benzene rings is 2. The molecule has 0 atom stereocenters. The summed E-state index contributed by atoms with van der Waals surface area (Å²) >= 11 is 0. The second kappa shape index (κ2) is 7.49. The molecule has 4 aromatic rings. The summed E-state index contributed by atoms with van der Waals surface area (Å²) in [5.74, 6) is 1.04. The number of nitrogens with zero attached hydrogens (tertiary/aromatic N) is 3. The van der Waals surface area contributed by atoms with Crippen LogP contribution in [0.5, 0.6) is 0 Å². The van der Waals surface area contributed by atoms with Gasteiger partial charge in [-0.05, 0) is 23.3 Å². The standard InChI is InChI=1S/C24H23N4/c1-3-7-20(8-4-1)23(21-9-5-2-6-10-21)27-15-17-28(18-16-27)24-22-19(11-13-25-22)12-14-26-24/h1-12,14,23,25H,15-18H2. The minimum atomic E-state index is 0.284. The largest absolute Gasteiger partial charge is 0.352 e. The van der Waals surface area contributed by atoms with Crippen molar-refractivity contribution in [2.75, 3.05) is 31.1 Å². The van der Waals surface area contributed by atoms with Gasteiger partial charge in [-0.1, -0.05) is 60.7 Å². The van der Waals surface area contributed by atoms with Gasteiger partial charge < -0.3 is 9.88 Å². The van der Waals surface area contributed by atoms with E-state index in [1.54, 1.807) is 0 Å². The molecule has 0 bridgehead atoms. The van der Waals surface area contributed by atoms with Gasteiger partial charge in [-0.25, -0.2) is 4.98 Å². The van der Waals surface area contributed by atoms with Crippen LogP contribution in [-0.2, 0) is 0 Å². The number of pyridine rings is 1. The first-order valence-electron chi connectivity index (χ1n) is 9.83. The normalized spacial score (nSPS) is 15.4. The molecule has 1 fully saturated rings. The van der Waals surface area contributed by atoms with Gasteiger partial charge >= 0.3 is 0 Å². The lowest BCUT2D eigenvalue weighted by molar-refractivity contribution is 0.212. The Morgan fingerprint density at radius 3 is 2.11 bits per heavy atom. The summed E-state index contributed by atoms with van der Waals surface area (Å²) in [5, 5.41) is 1.17. The zero-order valence-corrected chi connectivity index (χ0v) is 15.8. The molecule has 28 heavy (non-hydrogen) atoms. The average molecular weight is 367 g/mol. The van der Waals surface area contributed by atoms with E-state index in [4.69, 9.17) is 0 Å². The van der Waals surface area contributed by atoms with Crippen LogP contribution < -0.4 is 4.90 Å². The van der Waals surface area contributed by atoms with Gasteiger partial charge in [-0.15, -0.1) is 0 Å². The molecule has 2 aromatic carbocycles. The maximum absolute atomic E-state index is 4.65. The average Bonchev–Trinajstić information content (AvgIpc) is 3.25. The van der Waals surface area contributed by atoms with E-state index in [0.29, 0.717) is 0 Å². The van der Waals surface area contributed by atoms with E-state index in [-0.39, 0.29) is 6.04 Å². The number of nitrogens with one attached hydrogen (secondary N) is 1. The molecular weight excluding hydrogens is 344 g/mol. The molecule has 1 aliphatic heterocycles. The molecule has 0 spiro atoms. The lowest BCUT2D eigenvalue weighted by atomic mass is 9.96. The SMILES string of the molecule is [c]1cc2ccnc(N3CCN(C(c4ccccc4)c4ccccc4)CC3)c2[nH]1. The molecule has 3 heterocycles. The van der Waals surface area contributed by atoms with E-state index in [1.807, 2.05) is 18.3 Å². The maximum Gasteiger partial charge on any atom is 0.153 e. The van der Waals surface area contributed by atoms with Crippen LogP contribution in [0.3, 0.4) is 0 Å². The Bertz CT molecular complexity index is 994. The zero-order valence-electron chi connectivity index (χ0n) is 15.8. The molecule has 4 heteroatoms. The highest BCUT2D eigenvalue weighted by Crippen LogP contribution is 2.31. The molecule has 0 saturated carbocycles. The first kappa shape index (κ1) is 17.0. The van der Waals surface area contributed by atoms with Gasteiger partial charge in [0.2, 0.25) is 0 Å². The smallest absolute Gasteiger partial charge is 0.153 e. The molecule has 139 valence electrons. The number of hydrogen-bond acceptors (Lipinski definition) is 3. The molecule has 1 N–H and O–H groups in total. The van der Waals surface area contributed by atoms with Crippen molar-refractivity contribution in [2.45, 2.75) is 6.04 Å². The highest BCUT2D eigenvalue weighted by atomic mass is 15.3. The molecule has 1 radical (unpaired) electrons. The first-order valence-corrected chi connectivity index (χ1v) is 9.83. The Kier molecular flexibility index (Phi) is 4.55. The zero-order chi connectivity index (χ0) is 18.8. The second-order valence-electron chi connectivity index (χ2n) is 7.26. The number of aromatic amines is 1. The highest BCUT2D eigenvalue weighted by molar-refractivity contribution is 5.88. The van der Waals surface area contributed by atoms with Crippen molar-refractivity contribution < 1.29 is 0 Å². The Labute approximate surface area is 165 Å². The summed E-state index contributed by atoms with van der Waals surface area (Å²) in [6.07, 6.45) is 4.98. The van der Waals surface area contributed by atoms with Crippen LogP contribution in [0.15, 0.2) is 79.0 Å². The number of H-pyrrole nitrogens is 1. The Morgan fingerprint density at radius 1 is 0.821 bits per heavy atom. The molecular formula is C24H23N4. The maximum atomic E-state index is 4.65. The molecule has 0 unspecified atom stereocenters. The minimum absolute atomic E-state index is 0.284. The predicted octanol–water partition coefficient (Wildman–Crippen LogP) is 4.27. The lowest BCUT2D eigenvalue weighted by Gasteiger charge is -2.40. The van der Waals surface area contributed by atoms with Crippen LogP contribution in [0, 0.1) is 6.20 Å². The third-order valence-corrected chi connectivity index (χ3v) is 5.60. The first-order chi connectivity index (χ1) is 13.9. The van der Waals surface area contributed by atoms with E-state index >= 15 is 0 Å². The van der Waals surface area contributed by atoms with Crippen molar-refractivity contribution in [1.29, 1.82) is 0 Å². The molecule has 2 aromatic heterocycles. The van der Waals surface area contributed by atoms with E-state index < -0.39 is 0 Å². The van der Waals surface area contributed by atoms with E-state index in [1.165, 1.54) is 16.5 Å². The van der Waals surface area contributed by atoms with Gasteiger partial charge in [0, 0.05) is 37.8 Å². The van der Waals surface area contributed by atoms with Crippen molar-refractivity contribution in [3.63, 3.8) is 0 Å². The molecule has 5 rings (SSSR count). The van der Waals surface area contributed by atoms with Crippen LogP contribution in [0.2, 0.25) is 0 Å². The fourth-order valence-corrected chi connectivity index (χ4v) is 4.22. The number of rotatable bonds is 4. The quantitative estimate of drug-likeness (QED) is 0.585. The molecule has 1 aliphatic rings. The predicted molar refractivity (Wildman–Crippen MR) is 113 cm³/mol. The third kappa shape index (κ3) is 3.16.